The van der Waals surface area contributed by atoms with Crippen LogP contribution < -0.4 is 10.1 Å². The molecule has 3 aromatic heterocycles. The number of pyridine rings is 1. The van der Waals surface area contributed by atoms with Gasteiger partial charge in [-0.2, -0.15) is 10.1 Å². The first-order chi connectivity index (χ1) is 16.4. The minimum atomic E-state index is -1.39. The van der Waals surface area contributed by atoms with Gasteiger partial charge in [0.15, 0.2) is 11.5 Å². The summed E-state index contributed by atoms with van der Waals surface area (Å²) in [5.74, 6) is -1.50. The molecular weight excluding hydrogens is 446 g/mol. The third-order valence-electron chi connectivity index (χ3n) is 6.28. The summed E-state index contributed by atoms with van der Waals surface area (Å²) < 4.78 is 35.5. The monoisotopic (exact) mass is 462 g/mol. The van der Waals surface area contributed by atoms with Crippen LogP contribution in [0.3, 0.4) is 0 Å². The lowest BCUT2D eigenvalue weighted by molar-refractivity contribution is -0.133. The van der Waals surface area contributed by atoms with E-state index < -0.39 is 23.0 Å². The maximum absolute atomic E-state index is 14.3. The van der Waals surface area contributed by atoms with Crippen LogP contribution in [-0.4, -0.2) is 43.0 Å². The number of carbonyl (C=O) groups excluding carboxylic acids is 2. The molecule has 1 amide bonds. The summed E-state index contributed by atoms with van der Waals surface area (Å²) in [5, 5.41) is 7.47. The third-order valence-corrected chi connectivity index (χ3v) is 6.28. The van der Waals surface area contributed by atoms with Crippen LogP contribution in [0.2, 0.25) is 0 Å². The average molecular weight is 462 g/mol. The van der Waals surface area contributed by atoms with Gasteiger partial charge in [-0.1, -0.05) is 18.2 Å². The van der Waals surface area contributed by atoms with Crippen LogP contribution in [0.4, 0.5) is 14.6 Å². The molecule has 170 valence electrons. The van der Waals surface area contributed by atoms with Gasteiger partial charge in [0.25, 0.3) is 0 Å². The molecule has 11 heteroatoms. The van der Waals surface area contributed by atoms with Gasteiger partial charge in [-0.05, 0) is 19.1 Å². The van der Waals surface area contributed by atoms with Crippen molar-refractivity contribution in [2.45, 2.75) is 25.3 Å². The molecule has 4 aromatic rings. The maximum atomic E-state index is 14.3. The Balaban J connectivity index is 1.54. The Morgan fingerprint density at radius 2 is 2.09 bits per heavy atom. The fourth-order valence-corrected chi connectivity index (χ4v) is 4.60. The van der Waals surface area contributed by atoms with Crippen molar-refractivity contribution in [3.05, 3.63) is 59.3 Å². The van der Waals surface area contributed by atoms with Crippen molar-refractivity contribution in [3.63, 3.8) is 0 Å². The molecule has 2 aliphatic rings. The Morgan fingerprint density at radius 1 is 1.26 bits per heavy atom. The minimum Gasteiger partial charge on any atom is -0.477 e. The number of amides is 1. The quantitative estimate of drug-likeness (QED) is 0.464. The molecule has 0 aliphatic carbocycles. The molecule has 0 radical (unpaired) electrons. The number of ketones is 1. The molecule has 5 heterocycles. The van der Waals surface area contributed by atoms with Gasteiger partial charge in [-0.3, -0.25) is 9.59 Å². The van der Waals surface area contributed by atoms with Crippen molar-refractivity contribution < 1.29 is 23.1 Å². The van der Waals surface area contributed by atoms with Gasteiger partial charge in [0.05, 0.1) is 30.3 Å². The number of hydrogen-bond acceptors (Lipinski definition) is 7. The molecule has 0 saturated heterocycles. The van der Waals surface area contributed by atoms with E-state index >= 15 is 0 Å². The van der Waals surface area contributed by atoms with Crippen LogP contribution in [0.1, 0.15) is 24.5 Å². The Labute approximate surface area is 190 Å². The number of hydrogen-bond donors (Lipinski definition) is 1. The normalized spacial score (nSPS) is 18.5. The van der Waals surface area contributed by atoms with E-state index in [1.54, 1.807) is 18.2 Å². The number of carbonyl (C=O) groups is 2. The molecule has 0 fully saturated rings. The summed E-state index contributed by atoms with van der Waals surface area (Å²) >= 11 is 0. The first-order valence-electron chi connectivity index (χ1n) is 10.5. The Morgan fingerprint density at radius 3 is 2.88 bits per heavy atom. The second-order valence-corrected chi connectivity index (χ2v) is 8.21. The topological polar surface area (TPSA) is 112 Å². The lowest BCUT2D eigenvalue weighted by Crippen LogP contribution is -2.44. The van der Waals surface area contributed by atoms with Gasteiger partial charge in [-0.15, -0.1) is 0 Å². The lowest BCUT2D eigenvalue weighted by atomic mass is 9.75. The number of fused-ring (bicyclic) bond motifs is 1. The first-order valence-corrected chi connectivity index (χ1v) is 10.5. The van der Waals surface area contributed by atoms with E-state index in [1.165, 1.54) is 23.7 Å². The van der Waals surface area contributed by atoms with Crippen LogP contribution in [0, 0.1) is 11.6 Å². The number of nitrogens with one attached hydrogen (secondary N) is 1. The van der Waals surface area contributed by atoms with E-state index in [0.29, 0.717) is 22.2 Å². The number of benzene rings is 1. The highest BCUT2D eigenvalue weighted by atomic mass is 19.1. The summed E-state index contributed by atoms with van der Waals surface area (Å²) in [6, 6.07) is 7.48. The highest BCUT2D eigenvalue weighted by Gasteiger charge is 2.56. The van der Waals surface area contributed by atoms with E-state index in [9.17, 15) is 18.4 Å². The summed E-state index contributed by atoms with van der Waals surface area (Å²) in [6.45, 7) is 1.51. The Bertz CT molecular complexity index is 1530. The van der Waals surface area contributed by atoms with Gasteiger partial charge in [-0.25, -0.2) is 23.4 Å². The van der Waals surface area contributed by atoms with Gasteiger partial charge >= 0.3 is 0 Å². The van der Waals surface area contributed by atoms with Crippen LogP contribution in [0.25, 0.3) is 22.6 Å². The minimum absolute atomic E-state index is 0.0420. The number of anilines is 1. The van der Waals surface area contributed by atoms with E-state index in [2.05, 4.69) is 25.4 Å². The van der Waals surface area contributed by atoms with Gasteiger partial charge < -0.3 is 10.1 Å². The van der Waals surface area contributed by atoms with Crippen LogP contribution >= 0.6 is 0 Å². The second-order valence-electron chi connectivity index (χ2n) is 8.21. The zero-order chi connectivity index (χ0) is 23.6. The lowest BCUT2D eigenvalue weighted by Gasteiger charge is -2.29. The van der Waals surface area contributed by atoms with E-state index in [-0.39, 0.29) is 48.6 Å². The first kappa shape index (κ1) is 20.3. The predicted molar refractivity (Wildman–Crippen MR) is 115 cm³/mol. The smallest absolute Gasteiger partial charge is 0.244 e. The maximum Gasteiger partial charge on any atom is 0.244 e. The SMILES string of the molecule is CC(=O)[C@@]12CCOc3nc(-c4nn(Cc5ccccc5F)c5ncc(F)cc45)nc(c31)NC2=O. The Kier molecular flexibility index (Phi) is 4.25. The number of ether oxygens (including phenoxy) is 1. The number of Topliss-reactive ketones (excluding diaryl/α,β-unsaturated/α-hetero) is 1. The molecule has 1 N–H and O–H groups in total. The zero-order valence-corrected chi connectivity index (χ0v) is 17.8. The van der Waals surface area contributed by atoms with E-state index in [4.69, 9.17) is 4.74 Å². The summed E-state index contributed by atoms with van der Waals surface area (Å²) in [7, 11) is 0. The van der Waals surface area contributed by atoms with Crippen LogP contribution in [0.5, 0.6) is 5.88 Å². The van der Waals surface area contributed by atoms with Crippen molar-refractivity contribution in [3.8, 4) is 17.4 Å². The van der Waals surface area contributed by atoms with Crippen molar-refractivity contribution in [2.24, 2.45) is 0 Å². The predicted octanol–water partition coefficient (Wildman–Crippen LogP) is 2.78. The molecule has 34 heavy (non-hydrogen) atoms. The zero-order valence-electron chi connectivity index (χ0n) is 17.8. The van der Waals surface area contributed by atoms with Gasteiger partial charge in [0.2, 0.25) is 11.8 Å². The fraction of sp³-hybridized carbons (Fsp3) is 0.217. The van der Waals surface area contributed by atoms with E-state index in [1.807, 2.05) is 0 Å². The van der Waals surface area contributed by atoms with Gasteiger partial charge in [0.1, 0.15) is 34.3 Å². The highest BCUT2D eigenvalue weighted by Crippen LogP contribution is 2.48. The highest BCUT2D eigenvalue weighted by molar-refractivity contribution is 6.21. The molecule has 1 atom stereocenters. The Hall–Kier alpha value is -4.28. The molecule has 0 unspecified atom stereocenters. The molecule has 0 spiro atoms. The number of nitrogens with zero attached hydrogens (tertiary/aromatic N) is 5. The summed E-state index contributed by atoms with van der Waals surface area (Å²) in [4.78, 5) is 38.3. The number of halogens is 2. The van der Waals surface area contributed by atoms with Crippen molar-refractivity contribution in [1.82, 2.24) is 24.7 Å². The molecule has 1 aromatic carbocycles. The largest absolute Gasteiger partial charge is 0.477 e. The summed E-state index contributed by atoms with van der Waals surface area (Å²) in [5.41, 5.74) is -0.223. The molecule has 0 saturated carbocycles. The van der Waals surface area contributed by atoms with E-state index in [0.717, 1.165) is 6.20 Å². The van der Waals surface area contributed by atoms with Crippen molar-refractivity contribution in [1.29, 1.82) is 0 Å². The molecule has 6 rings (SSSR count). The second kappa shape index (κ2) is 7.11. The molecule has 9 nitrogen and oxygen atoms in total. The van der Waals surface area contributed by atoms with Crippen LogP contribution in [-0.2, 0) is 21.5 Å². The summed E-state index contributed by atoms with van der Waals surface area (Å²) in [6.07, 6.45) is 1.23. The number of aromatic nitrogens is 5. The van der Waals surface area contributed by atoms with Crippen LogP contribution in [0.15, 0.2) is 36.5 Å². The molecule has 2 aliphatic heterocycles. The van der Waals surface area contributed by atoms with Gasteiger partial charge in [0, 0.05) is 12.0 Å². The fourth-order valence-electron chi connectivity index (χ4n) is 4.60. The van der Waals surface area contributed by atoms with Crippen molar-refractivity contribution >= 4 is 28.5 Å². The standard InChI is InChI=1S/C23H16F2N6O3/c1-11(32)23-6-7-34-21-16(23)18(29-22(23)33)27-19(28-21)17-14-8-13(24)9-26-20(14)31(30-17)10-12-4-2-3-5-15(12)25/h2-5,8-9H,6-7,10H2,1H3,(H,27,28,29,33)/t23-/m0/s1. The average Bonchev–Trinajstić information content (AvgIpc) is 3.31. The molecular formula is C23H16F2N6O3. The van der Waals surface area contributed by atoms with Crippen molar-refractivity contribution in [2.75, 3.05) is 11.9 Å². The molecule has 0 bridgehead atoms. The third kappa shape index (κ3) is 2.76. The number of rotatable bonds is 4.